The van der Waals surface area contributed by atoms with Gasteiger partial charge in [0.2, 0.25) is 0 Å². The molecule has 170 valence electrons. The van der Waals surface area contributed by atoms with E-state index in [1.54, 1.807) is 11.9 Å². The van der Waals surface area contributed by atoms with E-state index in [9.17, 15) is 9.32 Å². The summed E-state index contributed by atoms with van der Waals surface area (Å²) in [7, 11) is 2.75. The van der Waals surface area contributed by atoms with Crippen molar-refractivity contribution in [3.05, 3.63) is 54.1 Å². The summed E-state index contributed by atoms with van der Waals surface area (Å²) in [5, 5.41) is 9.64. The monoisotopic (exact) mass is 461 g/mol. The maximum atomic E-state index is 13.1. The van der Waals surface area contributed by atoms with Gasteiger partial charge in [0.1, 0.15) is 11.0 Å². The molecule has 2 aromatic rings. The van der Waals surface area contributed by atoms with Crippen LogP contribution in [0.25, 0.3) is 0 Å². The molecule has 2 N–H and O–H groups in total. The highest BCUT2D eigenvalue weighted by Crippen LogP contribution is 2.37. The van der Waals surface area contributed by atoms with E-state index in [1.165, 1.54) is 5.56 Å². The molecule has 3 rings (SSSR count). The average molecular weight is 462 g/mol. The van der Waals surface area contributed by atoms with Crippen LogP contribution in [0.2, 0.25) is 0 Å². The molecule has 7 heteroatoms. The molecule has 0 bridgehead atoms. The van der Waals surface area contributed by atoms with Crippen molar-refractivity contribution in [1.29, 1.82) is 0 Å². The Balaban J connectivity index is 1.72. The van der Waals surface area contributed by atoms with Crippen LogP contribution in [-0.4, -0.2) is 47.4 Å². The summed E-state index contributed by atoms with van der Waals surface area (Å²) in [6.45, 7) is 8.53. The van der Waals surface area contributed by atoms with Gasteiger partial charge in [0.15, 0.2) is 0 Å². The molecule has 0 saturated carbocycles. The van der Waals surface area contributed by atoms with Crippen molar-refractivity contribution in [3.8, 4) is 0 Å². The normalized spacial score (nSPS) is 17.6. The van der Waals surface area contributed by atoms with Gasteiger partial charge in [-0.25, -0.2) is 4.21 Å². The van der Waals surface area contributed by atoms with Crippen LogP contribution in [-0.2, 0) is 15.7 Å². The Labute approximate surface area is 193 Å². The van der Waals surface area contributed by atoms with Crippen LogP contribution in [0.4, 0.5) is 11.4 Å². The van der Waals surface area contributed by atoms with Crippen LogP contribution in [0, 0.1) is 5.41 Å². The second-order valence-corrected chi connectivity index (χ2v) is 12.4. The maximum Gasteiger partial charge on any atom is 0.150 e. The standard InChI is InChI=1S/C24H35N3O2S2/c1-23(2,30-26(4)5)19-10-12-20(13-11-19)31(29)25-21-8-6-7-9-22(21)27-16-14-24(3,18-28)15-17-27/h6-13,25,28H,14-18H2,1-5H3. The van der Waals surface area contributed by atoms with Crippen molar-refractivity contribution in [2.45, 2.75) is 43.3 Å². The zero-order valence-electron chi connectivity index (χ0n) is 19.2. The van der Waals surface area contributed by atoms with E-state index in [1.807, 2.05) is 44.4 Å². The minimum atomic E-state index is -1.35. The molecule has 1 aliphatic heterocycles. The Hall–Kier alpha value is -1.54. The fourth-order valence-electron chi connectivity index (χ4n) is 3.93. The second kappa shape index (κ2) is 9.94. The van der Waals surface area contributed by atoms with Crippen molar-refractivity contribution < 1.29 is 9.32 Å². The summed E-state index contributed by atoms with van der Waals surface area (Å²) in [5.41, 5.74) is 3.15. The fraction of sp³-hybridized carbons (Fsp3) is 0.500. The molecule has 1 heterocycles. The molecule has 5 nitrogen and oxygen atoms in total. The first-order valence-electron chi connectivity index (χ1n) is 10.7. The van der Waals surface area contributed by atoms with Gasteiger partial charge in [-0.15, -0.1) is 0 Å². The van der Waals surface area contributed by atoms with Gasteiger partial charge in [0.05, 0.1) is 16.3 Å². The molecular weight excluding hydrogens is 426 g/mol. The topological polar surface area (TPSA) is 55.8 Å². The Morgan fingerprint density at radius 1 is 1.13 bits per heavy atom. The molecule has 1 atom stereocenters. The van der Waals surface area contributed by atoms with Crippen molar-refractivity contribution in [1.82, 2.24) is 4.31 Å². The number of hydrogen-bond donors (Lipinski definition) is 2. The molecule has 2 aromatic carbocycles. The predicted molar refractivity (Wildman–Crippen MR) is 134 cm³/mol. The molecular formula is C24H35N3O2S2. The molecule has 0 spiro atoms. The second-order valence-electron chi connectivity index (χ2n) is 9.28. The highest BCUT2D eigenvalue weighted by atomic mass is 32.2. The summed E-state index contributed by atoms with van der Waals surface area (Å²) < 4.78 is 18.3. The van der Waals surface area contributed by atoms with Gasteiger partial charge in [-0.05, 0) is 76.0 Å². The smallest absolute Gasteiger partial charge is 0.150 e. The third-order valence-corrected chi connectivity index (χ3v) is 8.14. The lowest BCUT2D eigenvalue weighted by atomic mass is 9.81. The van der Waals surface area contributed by atoms with Gasteiger partial charge in [0, 0.05) is 24.4 Å². The number of piperidine rings is 1. The average Bonchev–Trinajstić information content (AvgIpc) is 2.74. The molecule has 1 aliphatic rings. The predicted octanol–water partition coefficient (Wildman–Crippen LogP) is 4.87. The lowest BCUT2D eigenvalue weighted by Crippen LogP contribution is -2.40. The van der Waals surface area contributed by atoms with Crippen molar-refractivity contribution in [2.75, 3.05) is 43.4 Å². The van der Waals surface area contributed by atoms with Crippen molar-refractivity contribution in [3.63, 3.8) is 0 Å². The zero-order valence-corrected chi connectivity index (χ0v) is 20.9. The van der Waals surface area contributed by atoms with E-state index in [2.05, 4.69) is 52.9 Å². The number of nitrogens with zero attached hydrogens (tertiary/aromatic N) is 2. The fourth-order valence-corrected chi connectivity index (χ4v) is 5.96. The maximum absolute atomic E-state index is 13.1. The van der Waals surface area contributed by atoms with Crippen molar-refractivity contribution >= 4 is 34.3 Å². The lowest BCUT2D eigenvalue weighted by molar-refractivity contribution is 0.115. The van der Waals surface area contributed by atoms with Gasteiger partial charge in [-0.3, -0.25) is 9.03 Å². The number of rotatable bonds is 8. The SMILES string of the molecule is CN(C)SC(C)(C)c1ccc(S(=O)Nc2ccccc2N2CCC(C)(CO)CC2)cc1. The molecule has 0 aromatic heterocycles. The van der Waals surface area contributed by atoms with E-state index in [0.717, 1.165) is 42.2 Å². The quantitative estimate of drug-likeness (QED) is 0.550. The summed E-state index contributed by atoms with van der Waals surface area (Å²) in [6, 6.07) is 16.1. The zero-order chi connectivity index (χ0) is 22.6. The van der Waals surface area contributed by atoms with E-state index in [-0.39, 0.29) is 16.8 Å². The first kappa shape index (κ1) is 24.1. The molecule has 0 aliphatic carbocycles. The van der Waals surface area contributed by atoms with Gasteiger partial charge in [0.25, 0.3) is 0 Å². The van der Waals surface area contributed by atoms with E-state index in [4.69, 9.17) is 0 Å². The number of benzene rings is 2. The largest absolute Gasteiger partial charge is 0.396 e. The van der Waals surface area contributed by atoms with Crippen LogP contribution in [0.1, 0.15) is 39.2 Å². The van der Waals surface area contributed by atoms with E-state index >= 15 is 0 Å². The molecule has 1 saturated heterocycles. The highest BCUT2D eigenvalue weighted by Gasteiger charge is 2.30. The summed E-state index contributed by atoms with van der Waals surface area (Å²) >= 11 is 1.77. The number of aliphatic hydroxyl groups excluding tert-OH is 1. The first-order chi connectivity index (χ1) is 14.6. The number of aliphatic hydroxyl groups is 1. The summed E-state index contributed by atoms with van der Waals surface area (Å²) in [4.78, 5) is 3.08. The minimum Gasteiger partial charge on any atom is -0.396 e. The molecule has 1 unspecified atom stereocenters. The van der Waals surface area contributed by atoms with E-state index in [0.29, 0.717) is 0 Å². The molecule has 0 radical (unpaired) electrons. The highest BCUT2D eigenvalue weighted by molar-refractivity contribution is 7.97. The molecule has 31 heavy (non-hydrogen) atoms. The third-order valence-electron chi connectivity index (χ3n) is 5.97. The number of nitrogens with one attached hydrogen (secondary N) is 1. The number of para-hydroxylation sites is 2. The number of hydrogen-bond acceptors (Lipinski definition) is 5. The number of anilines is 2. The Kier molecular flexibility index (Phi) is 7.73. The van der Waals surface area contributed by atoms with Gasteiger partial charge in [-0.1, -0.05) is 43.1 Å². The van der Waals surface area contributed by atoms with Crippen LogP contribution in [0.3, 0.4) is 0 Å². The van der Waals surface area contributed by atoms with Crippen molar-refractivity contribution in [2.24, 2.45) is 5.41 Å². The Bertz CT molecular complexity index is 892. The summed E-state index contributed by atoms with van der Waals surface area (Å²) in [5.74, 6) is 0. The third kappa shape index (κ3) is 6.04. The van der Waals surface area contributed by atoms with Crippen LogP contribution in [0.15, 0.2) is 53.4 Å². The molecule has 1 fully saturated rings. The van der Waals surface area contributed by atoms with Crippen LogP contribution < -0.4 is 9.62 Å². The first-order valence-corrected chi connectivity index (χ1v) is 12.7. The van der Waals surface area contributed by atoms with Gasteiger partial charge in [-0.2, -0.15) is 0 Å². The Morgan fingerprint density at radius 2 is 1.74 bits per heavy atom. The summed E-state index contributed by atoms with van der Waals surface area (Å²) in [6.07, 6.45) is 1.90. The Morgan fingerprint density at radius 3 is 2.32 bits per heavy atom. The van der Waals surface area contributed by atoms with Crippen LogP contribution in [0.5, 0.6) is 0 Å². The lowest BCUT2D eigenvalue weighted by Gasteiger charge is -2.40. The van der Waals surface area contributed by atoms with E-state index < -0.39 is 11.0 Å². The molecule has 0 amide bonds. The minimum absolute atomic E-state index is 0.00207. The van der Waals surface area contributed by atoms with Gasteiger partial charge < -0.3 is 10.0 Å². The van der Waals surface area contributed by atoms with Gasteiger partial charge >= 0.3 is 0 Å². The van der Waals surface area contributed by atoms with Crippen LogP contribution >= 0.6 is 11.9 Å².